The minimum atomic E-state index is -0.339. The molecule has 0 radical (unpaired) electrons. The van der Waals surface area contributed by atoms with Gasteiger partial charge in [0.1, 0.15) is 5.82 Å². The van der Waals surface area contributed by atoms with Crippen LogP contribution < -0.4 is 11.1 Å². The summed E-state index contributed by atoms with van der Waals surface area (Å²) in [6, 6.07) is 6.83. The second-order valence-corrected chi connectivity index (χ2v) is 4.87. The molecule has 1 aromatic carbocycles. The van der Waals surface area contributed by atoms with Crippen LogP contribution in [0.2, 0.25) is 0 Å². The maximum Gasteiger partial charge on any atom is 0.139 e. The summed E-state index contributed by atoms with van der Waals surface area (Å²) < 4.78 is 13.7. The van der Waals surface area contributed by atoms with E-state index in [1.165, 1.54) is 6.07 Å². The van der Waals surface area contributed by atoms with Gasteiger partial charge in [0.2, 0.25) is 0 Å². The molecule has 3 nitrogen and oxygen atoms in total. The number of hydrogen-bond acceptors (Lipinski definition) is 3. The molecule has 2 aromatic rings. The molecule has 3 N–H and O–H groups in total. The number of nitrogen functional groups attached to an aromatic ring is 1. The number of halogens is 2. The zero-order valence-corrected chi connectivity index (χ0v) is 11.5. The molecule has 0 saturated carbocycles. The molecule has 2 rings (SSSR count). The van der Waals surface area contributed by atoms with E-state index < -0.39 is 0 Å². The van der Waals surface area contributed by atoms with Gasteiger partial charge in [0.25, 0.3) is 0 Å². The number of pyridine rings is 1. The molecule has 0 spiro atoms. The van der Waals surface area contributed by atoms with Crippen LogP contribution in [0.3, 0.4) is 0 Å². The van der Waals surface area contributed by atoms with Gasteiger partial charge < -0.3 is 11.1 Å². The molecule has 0 unspecified atom stereocenters. The SMILES string of the molecule is Cc1ccc(CNc2cc(F)c(Br)cc2N)cn1. The second kappa shape index (κ2) is 5.35. The van der Waals surface area contributed by atoms with Crippen molar-refractivity contribution >= 4 is 27.3 Å². The van der Waals surface area contributed by atoms with Gasteiger partial charge >= 0.3 is 0 Å². The van der Waals surface area contributed by atoms with Gasteiger partial charge in [-0.2, -0.15) is 0 Å². The van der Waals surface area contributed by atoms with Crippen LogP contribution in [0, 0.1) is 12.7 Å². The van der Waals surface area contributed by atoms with Crippen molar-refractivity contribution in [3.63, 3.8) is 0 Å². The van der Waals surface area contributed by atoms with E-state index in [1.807, 2.05) is 19.1 Å². The summed E-state index contributed by atoms with van der Waals surface area (Å²) >= 11 is 3.09. The van der Waals surface area contributed by atoms with E-state index in [9.17, 15) is 4.39 Å². The zero-order chi connectivity index (χ0) is 13.1. The summed E-state index contributed by atoms with van der Waals surface area (Å²) in [5, 5.41) is 3.09. The Kier molecular flexibility index (Phi) is 3.81. The maximum absolute atomic E-state index is 13.4. The molecule has 0 saturated heterocycles. The van der Waals surface area contributed by atoms with E-state index in [0.717, 1.165) is 11.3 Å². The molecule has 94 valence electrons. The van der Waals surface area contributed by atoms with Crippen LogP contribution in [0.5, 0.6) is 0 Å². The number of rotatable bonds is 3. The second-order valence-electron chi connectivity index (χ2n) is 4.01. The van der Waals surface area contributed by atoms with Crippen molar-refractivity contribution in [3.8, 4) is 0 Å². The van der Waals surface area contributed by atoms with Crippen molar-refractivity contribution in [2.24, 2.45) is 0 Å². The molecule has 1 heterocycles. The lowest BCUT2D eigenvalue weighted by atomic mass is 10.2. The lowest BCUT2D eigenvalue weighted by Gasteiger charge is -2.10. The number of aryl methyl sites for hydroxylation is 1. The number of anilines is 2. The lowest BCUT2D eigenvalue weighted by molar-refractivity contribution is 0.622. The van der Waals surface area contributed by atoms with Crippen LogP contribution in [0.4, 0.5) is 15.8 Å². The number of nitrogens with zero attached hydrogens (tertiary/aromatic N) is 1. The summed E-state index contributed by atoms with van der Waals surface area (Å²) in [7, 11) is 0. The van der Waals surface area contributed by atoms with Crippen LogP contribution >= 0.6 is 15.9 Å². The Labute approximate surface area is 113 Å². The highest BCUT2D eigenvalue weighted by Crippen LogP contribution is 2.26. The van der Waals surface area contributed by atoms with E-state index in [1.54, 1.807) is 12.3 Å². The first kappa shape index (κ1) is 12.8. The normalized spacial score (nSPS) is 10.4. The standard InChI is InChI=1S/C13H13BrFN3/c1-8-2-3-9(6-17-8)7-18-13-5-11(15)10(14)4-12(13)16/h2-6,18H,7,16H2,1H3. The molecule has 0 aliphatic heterocycles. The van der Waals surface area contributed by atoms with Crippen molar-refractivity contribution in [2.45, 2.75) is 13.5 Å². The zero-order valence-electron chi connectivity index (χ0n) is 9.87. The molecule has 1 aromatic heterocycles. The number of nitrogens with two attached hydrogens (primary N) is 1. The fourth-order valence-corrected chi connectivity index (χ4v) is 1.88. The van der Waals surface area contributed by atoms with Crippen molar-refractivity contribution in [2.75, 3.05) is 11.1 Å². The van der Waals surface area contributed by atoms with Gasteiger partial charge in [-0.25, -0.2) is 4.39 Å². The van der Waals surface area contributed by atoms with Gasteiger partial charge in [-0.3, -0.25) is 4.98 Å². The lowest BCUT2D eigenvalue weighted by Crippen LogP contribution is -2.03. The van der Waals surface area contributed by atoms with E-state index >= 15 is 0 Å². The Morgan fingerprint density at radius 3 is 2.83 bits per heavy atom. The minimum Gasteiger partial charge on any atom is -0.397 e. The minimum absolute atomic E-state index is 0.339. The van der Waals surface area contributed by atoms with Gasteiger partial charge in [-0.1, -0.05) is 6.07 Å². The average molecular weight is 310 g/mol. The quantitative estimate of drug-likeness (QED) is 0.853. The third-order valence-corrected chi connectivity index (χ3v) is 3.16. The Balaban J connectivity index is 2.10. The monoisotopic (exact) mass is 309 g/mol. The highest BCUT2D eigenvalue weighted by atomic mass is 79.9. The summed E-state index contributed by atoms with van der Waals surface area (Å²) in [4.78, 5) is 4.19. The Bertz CT molecular complexity index is 555. The number of hydrogen-bond donors (Lipinski definition) is 2. The molecule has 0 aliphatic carbocycles. The van der Waals surface area contributed by atoms with Crippen molar-refractivity contribution in [3.05, 3.63) is 52.0 Å². The topological polar surface area (TPSA) is 50.9 Å². The van der Waals surface area contributed by atoms with Gasteiger partial charge in [0.15, 0.2) is 0 Å². The largest absolute Gasteiger partial charge is 0.397 e. The van der Waals surface area contributed by atoms with Gasteiger partial charge in [-0.05, 0) is 40.5 Å². The van der Waals surface area contributed by atoms with E-state index in [4.69, 9.17) is 5.73 Å². The molecular weight excluding hydrogens is 297 g/mol. The summed E-state index contributed by atoms with van der Waals surface area (Å²) in [6.45, 7) is 2.48. The van der Waals surface area contributed by atoms with Crippen molar-refractivity contribution < 1.29 is 4.39 Å². The van der Waals surface area contributed by atoms with Gasteiger partial charge in [0, 0.05) is 24.5 Å². The fourth-order valence-electron chi connectivity index (χ4n) is 1.52. The molecule has 5 heteroatoms. The highest BCUT2D eigenvalue weighted by Gasteiger charge is 2.05. The third kappa shape index (κ3) is 2.98. The van der Waals surface area contributed by atoms with E-state index in [-0.39, 0.29) is 5.82 Å². The van der Waals surface area contributed by atoms with Crippen LogP contribution in [0.25, 0.3) is 0 Å². The third-order valence-electron chi connectivity index (χ3n) is 2.55. The Morgan fingerprint density at radius 1 is 1.39 bits per heavy atom. The number of aromatic nitrogens is 1. The van der Waals surface area contributed by atoms with Gasteiger partial charge in [-0.15, -0.1) is 0 Å². The maximum atomic E-state index is 13.4. The number of benzene rings is 1. The molecule has 0 fully saturated rings. The first-order valence-corrected chi connectivity index (χ1v) is 6.25. The predicted octanol–water partition coefficient (Wildman–Crippen LogP) is 3.49. The average Bonchev–Trinajstić information content (AvgIpc) is 2.34. The fraction of sp³-hybridized carbons (Fsp3) is 0.154. The van der Waals surface area contributed by atoms with Crippen LogP contribution in [-0.2, 0) is 6.54 Å². The Morgan fingerprint density at radius 2 is 2.17 bits per heavy atom. The van der Waals surface area contributed by atoms with Crippen molar-refractivity contribution in [1.82, 2.24) is 4.98 Å². The molecular formula is C13H13BrFN3. The molecule has 0 amide bonds. The number of nitrogens with one attached hydrogen (secondary N) is 1. The first-order valence-electron chi connectivity index (χ1n) is 5.46. The summed E-state index contributed by atoms with van der Waals surface area (Å²) in [5.74, 6) is -0.339. The van der Waals surface area contributed by atoms with Crippen LogP contribution in [0.1, 0.15) is 11.3 Å². The van der Waals surface area contributed by atoms with Crippen LogP contribution in [0.15, 0.2) is 34.9 Å². The summed E-state index contributed by atoms with van der Waals surface area (Å²) in [6.07, 6.45) is 1.79. The first-order chi connectivity index (χ1) is 8.56. The Hall–Kier alpha value is -1.62. The summed E-state index contributed by atoms with van der Waals surface area (Å²) in [5.41, 5.74) is 8.87. The highest BCUT2D eigenvalue weighted by molar-refractivity contribution is 9.10. The van der Waals surface area contributed by atoms with E-state index in [2.05, 4.69) is 26.2 Å². The molecule has 0 aliphatic rings. The molecule has 18 heavy (non-hydrogen) atoms. The van der Waals surface area contributed by atoms with E-state index in [0.29, 0.717) is 22.4 Å². The van der Waals surface area contributed by atoms with Gasteiger partial charge in [0.05, 0.1) is 15.8 Å². The predicted molar refractivity (Wildman–Crippen MR) is 74.8 cm³/mol. The van der Waals surface area contributed by atoms with Crippen LogP contribution in [-0.4, -0.2) is 4.98 Å². The smallest absolute Gasteiger partial charge is 0.139 e. The van der Waals surface area contributed by atoms with Crippen molar-refractivity contribution in [1.29, 1.82) is 0 Å². The molecule has 0 bridgehead atoms. The molecule has 0 atom stereocenters.